The number of aliphatic hydroxyl groups excluding tert-OH is 2. The van der Waals surface area contributed by atoms with Crippen LogP contribution in [0.5, 0.6) is 5.75 Å². The van der Waals surface area contributed by atoms with Crippen LogP contribution in [0.2, 0.25) is 0 Å². The van der Waals surface area contributed by atoms with Gasteiger partial charge < -0.3 is 19.8 Å². The molecule has 3 rings (SSSR count). The van der Waals surface area contributed by atoms with Gasteiger partial charge in [0.05, 0.1) is 31.8 Å². The highest BCUT2D eigenvalue weighted by molar-refractivity contribution is 5.86. The molecule has 0 radical (unpaired) electrons. The number of rotatable bonds is 3. The molecule has 2 N–H and O–H groups in total. The molecule has 114 valence electrons. The fourth-order valence-corrected chi connectivity index (χ4v) is 3.61. The largest absolute Gasteiger partial charge is 0.496 e. The molecule has 0 spiro atoms. The summed E-state index contributed by atoms with van der Waals surface area (Å²) in [5.41, 5.74) is 2.14. The normalized spacial score (nSPS) is 27.8. The van der Waals surface area contributed by atoms with Gasteiger partial charge in [-0.15, -0.1) is 0 Å². The quantitative estimate of drug-likeness (QED) is 0.859. The van der Waals surface area contributed by atoms with Crippen molar-refractivity contribution in [2.24, 2.45) is 0 Å². The number of ether oxygens (including phenoxy) is 1. The molecule has 0 bridgehead atoms. The molecule has 5 nitrogen and oxygen atoms in total. The van der Waals surface area contributed by atoms with Crippen LogP contribution < -0.4 is 4.74 Å². The third-order valence-corrected chi connectivity index (χ3v) is 4.61. The molecule has 21 heavy (non-hydrogen) atoms. The van der Waals surface area contributed by atoms with E-state index in [0.29, 0.717) is 13.0 Å². The predicted molar refractivity (Wildman–Crippen MR) is 77.3 cm³/mol. The Morgan fingerprint density at radius 3 is 3.00 bits per heavy atom. The van der Waals surface area contributed by atoms with E-state index in [9.17, 15) is 15.0 Å². The number of benzene rings is 1. The molecule has 3 atom stereocenters. The van der Waals surface area contributed by atoms with Gasteiger partial charge in [-0.1, -0.05) is 12.1 Å². The maximum Gasteiger partial charge on any atom is 0.230 e. The fourth-order valence-electron chi connectivity index (χ4n) is 3.61. The molecule has 1 amide bonds. The number of likely N-dealkylation sites (tertiary alicyclic amines) is 1. The second-order valence-electron chi connectivity index (χ2n) is 5.84. The van der Waals surface area contributed by atoms with Crippen LogP contribution in [0.15, 0.2) is 18.2 Å². The van der Waals surface area contributed by atoms with Crippen molar-refractivity contribution in [3.8, 4) is 5.75 Å². The Morgan fingerprint density at radius 2 is 2.29 bits per heavy atom. The highest BCUT2D eigenvalue weighted by Crippen LogP contribution is 2.41. The number of methoxy groups -OCH3 is 1. The Morgan fingerprint density at radius 1 is 1.48 bits per heavy atom. The molecule has 0 aromatic heterocycles. The second kappa shape index (κ2) is 5.66. The van der Waals surface area contributed by atoms with Crippen LogP contribution in [0, 0.1) is 0 Å². The van der Waals surface area contributed by atoms with Crippen LogP contribution in [-0.2, 0) is 11.2 Å². The molecule has 0 saturated carbocycles. The second-order valence-corrected chi connectivity index (χ2v) is 5.84. The van der Waals surface area contributed by atoms with E-state index >= 15 is 0 Å². The van der Waals surface area contributed by atoms with Gasteiger partial charge >= 0.3 is 0 Å². The van der Waals surface area contributed by atoms with Crippen LogP contribution in [0.1, 0.15) is 29.9 Å². The van der Waals surface area contributed by atoms with Gasteiger partial charge in [-0.25, -0.2) is 0 Å². The van der Waals surface area contributed by atoms with Gasteiger partial charge in [0.25, 0.3) is 0 Å². The lowest BCUT2D eigenvalue weighted by atomic mass is 9.98. The number of carbonyl (C=O) groups excluding carboxylic acids is 1. The van der Waals surface area contributed by atoms with Gasteiger partial charge in [0.2, 0.25) is 5.91 Å². The Kier molecular flexibility index (Phi) is 3.87. The molecular weight excluding hydrogens is 270 g/mol. The summed E-state index contributed by atoms with van der Waals surface area (Å²) in [6.45, 7) is 0.208. The van der Waals surface area contributed by atoms with E-state index in [4.69, 9.17) is 4.74 Å². The van der Waals surface area contributed by atoms with E-state index in [0.717, 1.165) is 29.7 Å². The molecular formula is C16H21NO4. The molecule has 1 aliphatic heterocycles. The summed E-state index contributed by atoms with van der Waals surface area (Å²) in [5.74, 6) is 0.521. The minimum atomic E-state index is -0.537. The van der Waals surface area contributed by atoms with Crippen LogP contribution in [0.4, 0.5) is 0 Å². The summed E-state index contributed by atoms with van der Waals surface area (Å²) in [6, 6.07) is 5.59. The molecule has 1 aliphatic carbocycles. The van der Waals surface area contributed by atoms with E-state index in [1.807, 2.05) is 18.2 Å². The number of aryl methyl sites for hydroxylation is 1. The first-order chi connectivity index (χ1) is 10.2. The fraction of sp³-hybridized carbons (Fsp3) is 0.562. The number of carbonyl (C=O) groups is 1. The van der Waals surface area contributed by atoms with Crippen LogP contribution >= 0.6 is 0 Å². The number of hydrogen-bond acceptors (Lipinski definition) is 4. The minimum Gasteiger partial charge on any atom is -0.496 e. The smallest absolute Gasteiger partial charge is 0.230 e. The number of nitrogens with zero attached hydrogens (tertiary/aromatic N) is 1. The zero-order valence-corrected chi connectivity index (χ0v) is 12.2. The monoisotopic (exact) mass is 291 g/mol. The highest BCUT2D eigenvalue weighted by Gasteiger charge is 2.40. The summed E-state index contributed by atoms with van der Waals surface area (Å²) in [5, 5.41) is 19.2. The third kappa shape index (κ3) is 2.40. The van der Waals surface area contributed by atoms with Gasteiger partial charge in [-0.2, -0.15) is 0 Å². The number of aliphatic hydroxyl groups is 2. The molecule has 1 unspecified atom stereocenters. The first-order valence-corrected chi connectivity index (χ1v) is 7.41. The van der Waals surface area contributed by atoms with Crippen LogP contribution in [0.25, 0.3) is 0 Å². The minimum absolute atomic E-state index is 0.00569. The van der Waals surface area contributed by atoms with E-state index in [1.165, 1.54) is 0 Å². The van der Waals surface area contributed by atoms with Crippen molar-refractivity contribution in [3.63, 3.8) is 0 Å². The van der Waals surface area contributed by atoms with Gasteiger partial charge in [0, 0.05) is 12.1 Å². The standard InChI is InChI=1S/C16H21NO4/c1-21-14-4-2-3-10-5-6-13(15(10)14)16(20)17-8-12(19)7-11(17)9-18/h2-4,11-13,18-19H,5-9H2,1H3/t11-,12+,13?/m0/s1. The summed E-state index contributed by atoms with van der Waals surface area (Å²) in [6.07, 6.45) is 1.54. The SMILES string of the molecule is COc1cccc2c1C(C(=O)N1C[C@H](O)C[C@H]1CO)CC2. The molecule has 5 heteroatoms. The lowest BCUT2D eigenvalue weighted by Crippen LogP contribution is -2.40. The first kappa shape index (κ1) is 14.4. The van der Waals surface area contributed by atoms with E-state index in [2.05, 4.69) is 0 Å². The Balaban J connectivity index is 1.88. The third-order valence-electron chi connectivity index (χ3n) is 4.61. The maximum absolute atomic E-state index is 12.8. The predicted octanol–water partition coefficient (Wildman–Crippen LogP) is 0.679. The Hall–Kier alpha value is -1.59. The van der Waals surface area contributed by atoms with E-state index in [-0.39, 0.29) is 24.5 Å². The molecule has 1 aromatic carbocycles. The summed E-state index contributed by atoms with van der Waals surface area (Å²) in [7, 11) is 1.62. The zero-order valence-electron chi connectivity index (χ0n) is 12.2. The van der Waals surface area contributed by atoms with Gasteiger partial charge in [0.1, 0.15) is 5.75 Å². The molecule has 1 aromatic rings. The van der Waals surface area contributed by atoms with Crippen molar-refractivity contribution >= 4 is 5.91 Å². The van der Waals surface area contributed by atoms with Crippen molar-refractivity contribution in [1.82, 2.24) is 4.90 Å². The zero-order chi connectivity index (χ0) is 15.0. The lowest BCUT2D eigenvalue weighted by Gasteiger charge is -2.26. The Labute approximate surface area is 124 Å². The lowest BCUT2D eigenvalue weighted by molar-refractivity contribution is -0.134. The topological polar surface area (TPSA) is 70.0 Å². The van der Waals surface area contributed by atoms with Crippen molar-refractivity contribution in [2.75, 3.05) is 20.3 Å². The van der Waals surface area contributed by atoms with Crippen LogP contribution in [-0.4, -0.2) is 53.4 Å². The van der Waals surface area contributed by atoms with Crippen LogP contribution in [0.3, 0.4) is 0 Å². The van der Waals surface area contributed by atoms with Crippen molar-refractivity contribution in [3.05, 3.63) is 29.3 Å². The number of hydrogen-bond donors (Lipinski definition) is 2. The van der Waals surface area contributed by atoms with Gasteiger partial charge in [-0.05, 0) is 30.9 Å². The summed E-state index contributed by atoms with van der Waals surface area (Å²) in [4.78, 5) is 14.5. The van der Waals surface area contributed by atoms with Crippen molar-refractivity contribution < 1.29 is 19.7 Å². The average molecular weight is 291 g/mol. The maximum atomic E-state index is 12.8. The molecule has 2 aliphatic rings. The van der Waals surface area contributed by atoms with Crippen molar-refractivity contribution in [2.45, 2.75) is 37.3 Å². The average Bonchev–Trinajstić information content (AvgIpc) is 3.09. The molecule has 1 fully saturated rings. The summed E-state index contributed by atoms with van der Waals surface area (Å²) >= 11 is 0. The van der Waals surface area contributed by atoms with Gasteiger partial charge in [-0.3, -0.25) is 4.79 Å². The molecule has 1 saturated heterocycles. The molecule has 1 heterocycles. The number of fused-ring (bicyclic) bond motifs is 1. The number of amides is 1. The summed E-state index contributed by atoms with van der Waals surface area (Å²) < 4.78 is 5.40. The Bertz CT molecular complexity index is 545. The van der Waals surface area contributed by atoms with E-state index in [1.54, 1.807) is 12.0 Å². The highest BCUT2D eigenvalue weighted by atomic mass is 16.5. The van der Waals surface area contributed by atoms with Crippen molar-refractivity contribution in [1.29, 1.82) is 0 Å². The van der Waals surface area contributed by atoms with Gasteiger partial charge in [0.15, 0.2) is 0 Å². The number of β-amino-alcohol motifs (C(OH)–C–C–N with tert-alkyl or cyclic N) is 1. The first-order valence-electron chi connectivity index (χ1n) is 7.41. The van der Waals surface area contributed by atoms with E-state index < -0.39 is 6.10 Å².